The molecule has 1 aliphatic heterocycles. The molecule has 0 spiro atoms. The monoisotopic (exact) mass is 442 g/mol. The number of nitrogens with zero attached hydrogens (tertiary/aromatic N) is 4. The van der Waals surface area contributed by atoms with Crippen LogP contribution in [0.5, 0.6) is 0 Å². The number of anilines is 1. The topological polar surface area (TPSA) is 66.4 Å². The number of rotatable bonds is 5. The number of hydrogen-bond acceptors (Lipinski definition) is 5. The van der Waals surface area contributed by atoms with Gasteiger partial charge < -0.3 is 4.90 Å². The number of halogens is 2. The zero-order valence-corrected chi connectivity index (χ0v) is 18.6. The largest absolute Gasteiger partial charge is 0.354 e. The van der Waals surface area contributed by atoms with Gasteiger partial charge in [0.2, 0.25) is 10.0 Å². The van der Waals surface area contributed by atoms with Gasteiger partial charge in [0.1, 0.15) is 11.6 Å². The maximum atomic E-state index is 12.1. The first-order chi connectivity index (χ1) is 13.2. The first kappa shape index (κ1) is 21.3. The molecular weight excluding hydrogens is 419 g/mol. The fourth-order valence-corrected chi connectivity index (χ4v) is 4.96. The van der Waals surface area contributed by atoms with Crippen molar-refractivity contribution in [2.45, 2.75) is 27.2 Å². The highest BCUT2D eigenvalue weighted by Gasteiger charge is 2.28. The van der Waals surface area contributed by atoms with Crippen LogP contribution in [0.2, 0.25) is 10.0 Å². The Labute approximate surface area is 176 Å². The third-order valence-electron chi connectivity index (χ3n) is 4.98. The van der Waals surface area contributed by atoms with Crippen molar-refractivity contribution in [3.05, 3.63) is 50.9 Å². The van der Waals surface area contributed by atoms with E-state index in [4.69, 9.17) is 23.2 Å². The number of piperazine rings is 1. The summed E-state index contributed by atoms with van der Waals surface area (Å²) in [5.41, 5.74) is 2.86. The number of sulfonamides is 1. The average molecular weight is 443 g/mol. The molecule has 2 aromatic rings. The standard InChI is InChI=1S/C19H24Cl2N4O2S/c1-4-28(26,27)25-9-7-24(8-10-25)19-17(13(2)22-14(3)23-19)11-15-5-6-16(20)12-18(15)21/h5-6,12H,4,7-11H2,1-3H3. The van der Waals surface area contributed by atoms with Gasteiger partial charge in [-0.3, -0.25) is 0 Å². The van der Waals surface area contributed by atoms with Crippen molar-refractivity contribution >= 4 is 39.0 Å². The van der Waals surface area contributed by atoms with Gasteiger partial charge in [-0.05, 0) is 38.5 Å². The van der Waals surface area contributed by atoms with Crippen LogP contribution in [0, 0.1) is 13.8 Å². The van der Waals surface area contributed by atoms with Gasteiger partial charge in [-0.2, -0.15) is 4.31 Å². The van der Waals surface area contributed by atoms with E-state index in [0.717, 1.165) is 22.6 Å². The summed E-state index contributed by atoms with van der Waals surface area (Å²) in [6.07, 6.45) is 0.588. The lowest BCUT2D eigenvalue weighted by Crippen LogP contribution is -2.49. The molecule has 0 unspecified atom stereocenters. The van der Waals surface area contributed by atoms with Crippen LogP contribution < -0.4 is 4.90 Å². The van der Waals surface area contributed by atoms with Crippen LogP contribution in [0.1, 0.15) is 29.6 Å². The van der Waals surface area contributed by atoms with Crippen LogP contribution in [0.3, 0.4) is 0 Å². The predicted molar refractivity (Wildman–Crippen MR) is 114 cm³/mol. The Bertz CT molecular complexity index is 974. The molecule has 0 saturated carbocycles. The highest BCUT2D eigenvalue weighted by Crippen LogP contribution is 2.29. The van der Waals surface area contributed by atoms with E-state index < -0.39 is 10.0 Å². The number of benzene rings is 1. The molecule has 28 heavy (non-hydrogen) atoms. The fourth-order valence-electron chi connectivity index (χ4n) is 3.40. The van der Waals surface area contributed by atoms with E-state index in [2.05, 4.69) is 14.9 Å². The van der Waals surface area contributed by atoms with Crippen molar-refractivity contribution in [2.24, 2.45) is 0 Å². The van der Waals surface area contributed by atoms with E-state index >= 15 is 0 Å². The fraction of sp³-hybridized carbons (Fsp3) is 0.474. The van der Waals surface area contributed by atoms with Gasteiger partial charge in [-0.15, -0.1) is 0 Å². The summed E-state index contributed by atoms with van der Waals surface area (Å²) in [5, 5.41) is 1.20. The third-order valence-corrected chi connectivity index (χ3v) is 7.45. The minimum atomic E-state index is -3.17. The van der Waals surface area contributed by atoms with Crippen LogP contribution in [-0.2, 0) is 16.4 Å². The minimum absolute atomic E-state index is 0.124. The maximum Gasteiger partial charge on any atom is 0.213 e. The Hall–Kier alpha value is -1.41. The lowest BCUT2D eigenvalue weighted by molar-refractivity contribution is 0.384. The van der Waals surface area contributed by atoms with Gasteiger partial charge in [0.25, 0.3) is 0 Å². The molecule has 1 aliphatic rings. The Morgan fingerprint density at radius 3 is 2.36 bits per heavy atom. The smallest absolute Gasteiger partial charge is 0.213 e. The van der Waals surface area contributed by atoms with Gasteiger partial charge >= 0.3 is 0 Å². The molecule has 1 aromatic heterocycles. The van der Waals surface area contributed by atoms with E-state index in [1.807, 2.05) is 26.0 Å². The second-order valence-corrected chi connectivity index (χ2v) is 9.96. The molecule has 9 heteroatoms. The van der Waals surface area contributed by atoms with Gasteiger partial charge in [-0.25, -0.2) is 18.4 Å². The maximum absolute atomic E-state index is 12.1. The van der Waals surface area contributed by atoms with Crippen LogP contribution in [0.15, 0.2) is 18.2 Å². The van der Waals surface area contributed by atoms with Crippen molar-refractivity contribution in [1.29, 1.82) is 0 Å². The van der Waals surface area contributed by atoms with Crippen LogP contribution in [-0.4, -0.2) is 54.6 Å². The average Bonchev–Trinajstić information content (AvgIpc) is 2.65. The molecule has 0 atom stereocenters. The zero-order valence-electron chi connectivity index (χ0n) is 16.2. The Balaban J connectivity index is 1.89. The van der Waals surface area contributed by atoms with Crippen molar-refractivity contribution in [3.8, 4) is 0 Å². The van der Waals surface area contributed by atoms with E-state index in [-0.39, 0.29) is 5.75 Å². The number of aromatic nitrogens is 2. The molecule has 1 aromatic carbocycles. The molecular formula is C19H24Cl2N4O2S. The van der Waals surface area contributed by atoms with Crippen LogP contribution in [0.4, 0.5) is 5.82 Å². The lowest BCUT2D eigenvalue weighted by atomic mass is 10.0. The summed E-state index contributed by atoms with van der Waals surface area (Å²) in [6.45, 7) is 7.61. The molecule has 0 N–H and O–H groups in total. The van der Waals surface area contributed by atoms with Crippen molar-refractivity contribution in [3.63, 3.8) is 0 Å². The second kappa shape index (κ2) is 8.53. The first-order valence-corrected chi connectivity index (χ1v) is 11.6. The summed E-state index contributed by atoms with van der Waals surface area (Å²) in [6, 6.07) is 5.47. The SMILES string of the molecule is CCS(=O)(=O)N1CCN(c2nc(C)nc(C)c2Cc2ccc(Cl)cc2Cl)CC1. The normalized spacial score (nSPS) is 15.8. The van der Waals surface area contributed by atoms with Crippen LogP contribution >= 0.6 is 23.2 Å². The summed E-state index contributed by atoms with van der Waals surface area (Å²) in [5.74, 6) is 1.67. The molecule has 6 nitrogen and oxygen atoms in total. The molecule has 2 heterocycles. The van der Waals surface area contributed by atoms with Crippen molar-refractivity contribution in [2.75, 3.05) is 36.8 Å². The number of aryl methyl sites for hydroxylation is 2. The quantitative estimate of drug-likeness (QED) is 0.708. The van der Waals surface area contributed by atoms with Gasteiger partial charge in [0, 0.05) is 53.9 Å². The van der Waals surface area contributed by atoms with E-state index in [0.29, 0.717) is 48.5 Å². The van der Waals surface area contributed by atoms with E-state index in [1.165, 1.54) is 0 Å². The predicted octanol–water partition coefficient (Wildman–Crippen LogP) is 3.46. The molecule has 0 radical (unpaired) electrons. The molecule has 1 fully saturated rings. The van der Waals surface area contributed by atoms with Crippen LogP contribution in [0.25, 0.3) is 0 Å². The Kier molecular flexibility index (Phi) is 6.49. The lowest BCUT2D eigenvalue weighted by Gasteiger charge is -2.35. The summed E-state index contributed by atoms with van der Waals surface area (Å²) in [4.78, 5) is 11.4. The van der Waals surface area contributed by atoms with Gasteiger partial charge in [0.15, 0.2) is 0 Å². The first-order valence-electron chi connectivity index (χ1n) is 9.22. The van der Waals surface area contributed by atoms with Gasteiger partial charge in [-0.1, -0.05) is 29.3 Å². The van der Waals surface area contributed by atoms with E-state index in [1.54, 1.807) is 17.3 Å². The van der Waals surface area contributed by atoms with E-state index in [9.17, 15) is 8.42 Å². The zero-order chi connectivity index (χ0) is 20.5. The Morgan fingerprint density at radius 2 is 1.75 bits per heavy atom. The van der Waals surface area contributed by atoms with Crippen molar-refractivity contribution in [1.82, 2.24) is 14.3 Å². The molecule has 0 amide bonds. The number of hydrogen-bond donors (Lipinski definition) is 0. The summed E-state index contributed by atoms with van der Waals surface area (Å²) in [7, 11) is -3.17. The van der Waals surface area contributed by atoms with Gasteiger partial charge in [0.05, 0.1) is 5.75 Å². The molecule has 0 bridgehead atoms. The molecule has 1 saturated heterocycles. The highest BCUT2D eigenvalue weighted by atomic mass is 35.5. The summed E-state index contributed by atoms with van der Waals surface area (Å²) >= 11 is 12.4. The Morgan fingerprint density at radius 1 is 1.07 bits per heavy atom. The third kappa shape index (κ3) is 4.59. The molecule has 3 rings (SSSR count). The van der Waals surface area contributed by atoms with Crippen molar-refractivity contribution < 1.29 is 8.42 Å². The molecule has 152 valence electrons. The molecule has 0 aliphatic carbocycles. The highest BCUT2D eigenvalue weighted by molar-refractivity contribution is 7.89. The minimum Gasteiger partial charge on any atom is -0.354 e. The second-order valence-electron chi connectivity index (χ2n) is 6.86. The summed E-state index contributed by atoms with van der Waals surface area (Å²) < 4.78 is 25.8.